The van der Waals surface area contributed by atoms with Gasteiger partial charge in [0.25, 0.3) is 0 Å². The third-order valence-electron chi connectivity index (χ3n) is 3.91. The smallest absolute Gasteiger partial charge is 0.118 e. The van der Waals surface area contributed by atoms with E-state index in [1.54, 1.807) is 7.11 Å². The van der Waals surface area contributed by atoms with Crippen molar-refractivity contribution < 1.29 is 9.47 Å². The standard InChI is InChI=1S/C16H25NO2/c1-4-10-17-14-9-11-19-16(2,12-14)13-5-7-15(18-3)8-6-13/h5-8,14,17H,4,9-12H2,1-3H3. The van der Waals surface area contributed by atoms with E-state index in [1.165, 1.54) is 12.0 Å². The zero-order chi connectivity index (χ0) is 13.7. The van der Waals surface area contributed by atoms with E-state index in [9.17, 15) is 0 Å². The van der Waals surface area contributed by atoms with Crippen molar-refractivity contribution in [3.8, 4) is 5.75 Å². The molecule has 3 nitrogen and oxygen atoms in total. The highest BCUT2D eigenvalue weighted by Crippen LogP contribution is 2.35. The van der Waals surface area contributed by atoms with Gasteiger partial charge in [-0.2, -0.15) is 0 Å². The van der Waals surface area contributed by atoms with Gasteiger partial charge in [0.05, 0.1) is 12.7 Å². The van der Waals surface area contributed by atoms with Crippen molar-refractivity contribution in [3.63, 3.8) is 0 Å². The Balaban J connectivity index is 2.07. The molecule has 2 rings (SSSR count). The van der Waals surface area contributed by atoms with Gasteiger partial charge in [-0.15, -0.1) is 0 Å². The van der Waals surface area contributed by atoms with Crippen LogP contribution >= 0.6 is 0 Å². The highest BCUT2D eigenvalue weighted by atomic mass is 16.5. The van der Waals surface area contributed by atoms with Gasteiger partial charge in [0, 0.05) is 12.6 Å². The minimum atomic E-state index is -0.185. The molecule has 0 radical (unpaired) electrons. The maximum absolute atomic E-state index is 6.05. The van der Waals surface area contributed by atoms with Crippen molar-refractivity contribution in [1.82, 2.24) is 5.32 Å². The van der Waals surface area contributed by atoms with E-state index >= 15 is 0 Å². The number of methoxy groups -OCH3 is 1. The first-order valence-electron chi connectivity index (χ1n) is 7.20. The Morgan fingerprint density at radius 2 is 2.11 bits per heavy atom. The number of benzene rings is 1. The predicted molar refractivity (Wildman–Crippen MR) is 77.6 cm³/mol. The molecule has 106 valence electrons. The molecule has 1 aliphatic rings. The lowest BCUT2D eigenvalue weighted by molar-refractivity contribution is -0.0812. The summed E-state index contributed by atoms with van der Waals surface area (Å²) in [6.45, 7) is 6.30. The van der Waals surface area contributed by atoms with Gasteiger partial charge < -0.3 is 14.8 Å². The van der Waals surface area contributed by atoms with E-state index in [0.717, 1.165) is 31.7 Å². The van der Waals surface area contributed by atoms with Crippen LogP contribution in [0.3, 0.4) is 0 Å². The number of hydrogen-bond donors (Lipinski definition) is 1. The number of hydrogen-bond acceptors (Lipinski definition) is 3. The van der Waals surface area contributed by atoms with Crippen LogP contribution in [0, 0.1) is 0 Å². The van der Waals surface area contributed by atoms with E-state index in [4.69, 9.17) is 9.47 Å². The van der Waals surface area contributed by atoms with Crippen LogP contribution in [-0.4, -0.2) is 26.3 Å². The second kappa shape index (κ2) is 6.40. The monoisotopic (exact) mass is 263 g/mol. The molecular weight excluding hydrogens is 238 g/mol. The first-order valence-corrected chi connectivity index (χ1v) is 7.20. The van der Waals surface area contributed by atoms with Crippen LogP contribution in [0.4, 0.5) is 0 Å². The van der Waals surface area contributed by atoms with Gasteiger partial charge in [-0.3, -0.25) is 0 Å². The van der Waals surface area contributed by atoms with Crippen molar-refractivity contribution in [2.45, 2.75) is 44.8 Å². The van der Waals surface area contributed by atoms with E-state index in [0.29, 0.717) is 6.04 Å². The second-order valence-electron chi connectivity index (χ2n) is 5.45. The lowest BCUT2D eigenvalue weighted by Crippen LogP contribution is -2.44. The highest BCUT2D eigenvalue weighted by molar-refractivity contribution is 5.31. The van der Waals surface area contributed by atoms with Crippen LogP contribution in [0.15, 0.2) is 24.3 Å². The average molecular weight is 263 g/mol. The fraction of sp³-hybridized carbons (Fsp3) is 0.625. The van der Waals surface area contributed by atoms with Crippen molar-refractivity contribution in [2.75, 3.05) is 20.3 Å². The third kappa shape index (κ3) is 3.48. The van der Waals surface area contributed by atoms with Gasteiger partial charge >= 0.3 is 0 Å². The summed E-state index contributed by atoms with van der Waals surface area (Å²) in [5, 5.41) is 3.61. The maximum atomic E-state index is 6.05. The quantitative estimate of drug-likeness (QED) is 0.885. The Morgan fingerprint density at radius 1 is 1.37 bits per heavy atom. The predicted octanol–water partition coefficient (Wildman–Crippen LogP) is 3.09. The van der Waals surface area contributed by atoms with Crippen LogP contribution in [0.5, 0.6) is 5.75 Å². The fourth-order valence-electron chi connectivity index (χ4n) is 2.73. The van der Waals surface area contributed by atoms with Crippen LogP contribution in [0.25, 0.3) is 0 Å². The molecule has 2 unspecified atom stereocenters. The minimum absolute atomic E-state index is 0.185. The van der Waals surface area contributed by atoms with Crippen molar-refractivity contribution in [3.05, 3.63) is 29.8 Å². The Morgan fingerprint density at radius 3 is 2.74 bits per heavy atom. The van der Waals surface area contributed by atoms with Crippen molar-refractivity contribution in [2.24, 2.45) is 0 Å². The fourth-order valence-corrected chi connectivity index (χ4v) is 2.73. The van der Waals surface area contributed by atoms with Crippen molar-refractivity contribution in [1.29, 1.82) is 0 Å². The first-order chi connectivity index (χ1) is 9.18. The van der Waals surface area contributed by atoms with Gasteiger partial charge in [0.15, 0.2) is 0 Å². The van der Waals surface area contributed by atoms with Gasteiger partial charge in [-0.1, -0.05) is 19.1 Å². The minimum Gasteiger partial charge on any atom is -0.497 e. The number of nitrogens with one attached hydrogen (secondary N) is 1. The van der Waals surface area contributed by atoms with Crippen LogP contribution in [0.1, 0.15) is 38.7 Å². The zero-order valence-electron chi connectivity index (χ0n) is 12.2. The number of rotatable bonds is 5. The van der Waals surface area contributed by atoms with Crippen LogP contribution < -0.4 is 10.1 Å². The maximum Gasteiger partial charge on any atom is 0.118 e. The molecule has 19 heavy (non-hydrogen) atoms. The van der Waals surface area contributed by atoms with Gasteiger partial charge in [0.1, 0.15) is 5.75 Å². The van der Waals surface area contributed by atoms with Crippen molar-refractivity contribution >= 4 is 0 Å². The van der Waals surface area contributed by atoms with Gasteiger partial charge in [0.2, 0.25) is 0 Å². The van der Waals surface area contributed by atoms with Gasteiger partial charge in [-0.05, 0) is 50.4 Å². The molecule has 1 N–H and O–H groups in total. The zero-order valence-corrected chi connectivity index (χ0v) is 12.2. The summed E-state index contributed by atoms with van der Waals surface area (Å²) >= 11 is 0. The molecule has 0 spiro atoms. The largest absolute Gasteiger partial charge is 0.497 e. The van der Waals surface area contributed by atoms with Crippen LogP contribution in [0.2, 0.25) is 0 Å². The molecule has 0 aromatic heterocycles. The Kier molecular flexibility index (Phi) is 4.83. The normalized spacial score (nSPS) is 27.2. The molecular formula is C16H25NO2. The van der Waals surface area contributed by atoms with E-state index < -0.39 is 0 Å². The van der Waals surface area contributed by atoms with Gasteiger partial charge in [-0.25, -0.2) is 0 Å². The topological polar surface area (TPSA) is 30.5 Å². The molecule has 1 aromatic rings. The van der Waals surface area contributed by atoms with Crippen LogP contribution in [-0.2, 0) is 10.3 Å². The summed E-state index contributed by atoms with van der Waals surface area (Å²) in [5.41, 5.74) is 1.05. The van der Waals surface area contributed by atoms with E-state index in [1.807, 2.05) is 12.1 Å². The average Bonchev–Trinajstić information content (AvgIpc) is 2.45. The SMILES string of the molecule is CCCNC1CCOC(C)(c2ccc(OC)cc2)C1. The molecule has 1 aliphatic heterocycles. The third-order valence-corrected chi connectivity index (χ3v) is 3.91. The Labute approximate surface area is 116 Å². The lowest BCUT2D eigenvalue weighted by atomic mass is 9.85. The Hall–Kier alpha value is -1.06. The molecule has 1 heterocycles. The molecule has 1 aromatic carbocycles. The molecule has 1 saturated heterocycles. The molecule has 3 heteroatoms. The first kappa shape index (κ1) is 14.4. The molecule has 1 fully saturated rings. The summed E-state index contributed by atoms with van der Waals surface area (Å²) in [6.07, 6.45) is 3.31. The number of ether oxygens (including phenoxy) is 2. The molecule has 0 amide bonds. The molecule has 2 atom stereocenters. The highest BCUT2D eigenvalue weighted by Gasteiger charge is 2.34. The Bertz CT molecular complexity index is 390. The summed E-state index contributed by atoms with van der Waals surface area (Å²) in [4.78, 5) is 0. The van der Waals surface area contributed by atoms with E-state index in [-0.39, 0.29) is 5.60 Å². The van der Waals surface area contributed by atoms with E-state index in [2.05, 4.69) is 31.3 Å². The molecule has 0 bridgehead atoms. The molecule has 0 aliphatic carbocycles. The molecule has 0 saturated carbocycles. The second-order valence-corrected chi connectivity index (χ2v) is 5.45. The summed E-state index contributed by atoms with van der Waals surface area (Å²) in [5.74, 6) is 0.892. The summed E-state index contributed by atoms with van der Waals surface area (Å²) in [7, 11) is 1.69. The lowest BCUT2D eigenvalue weighted by Gasteiger charge is -2.39. The summed E-state index contributed by atoms with van der Waals surface area (Å²) in [6, 6.07) is 8.79. The summed E-state index contributed by atoms with van der Waals surface area (Å²) < 4.78 is 11.3.